The molecule has 3 fully saturated rings. The fraction of sp³-hybridized carbons (Fsp3) is 0.571. The van der Waals surface area contributed by atoms with E-state index in [1.807, 2.05) is 0 Å². The highest BCUT2D eigenvalue weighted by molar-refractivity contribution is 6.31. The van der Waals surface area contributed by atoms with E-state index in [0.29, 0.717) is 12.2 Å². The van der Waals surface area contributed by atoms with Gasteiger partial charge >= 0.3 is 6.18 Å². The molecule has 3 aliphatic rings. The standard InChI is InChI=1S/C28H33ClF4N4O/c1-18-14-20(28(31,32)33)16-25(34-18)37-22-7-6-19(15-22)26(37)27(38)36(21-8-9-24(30)23(29)17-21)13-5-4-12-35-10-2-3-11-35/h8-9,14,16-17,19,22,26H,2-7,10-13,15H2,1H3/t19-,22+,26-/m0/s1. The van der Waals surface area contributed by atoms with Crippen LogP contribution in [-0.4, -0.2) is 54.1 Å². The van der Waals surface area contributed by atoms with Crippen LogP contribution in [0.5, 0.6) is 0 Å². The number of benzene rings is 1. The number of nitrogens with zero attached hydrogens (tertiary/aromatic N) is 4. The summed E-state index contributed by atoms with van der Waals surface area (Å²) in [6.07, 6.45) is 1.95. The first-order valence-corrected chi connectivity index (χ1v) is 13.8. The van der Waals surface area contributed by atoms with Gasteiger partial charge in [0.05, 0.1) is 10.6 Å². The molecular weight excluding hydrogens is 520 g/mol. The topological polar surface area (TPSA) is 39.7 Å². The molecule has 2 aromatic rings. The molecule has 3 atom stereocenters. The van der Waals surface area contributed by atoms with Gasteiger partial charge in [-0.1, -0.05) is 11.6 Å². The maximum atomic E-state index is 14.2. The lowest BCUT2D eigenvalue weighted by Gasteiger charge is -2.38. The maximum absolute atomic E-state index is 14.2. The van der Waals surface area contributed by atoms with Crippen LogP contribution >= 0.6 is 11.6 Å². The summed E-state index contributed by atoms with van der Waals surface area (Å²) in [4.78, 5) is 24.5. The van der Waals surface area contributed by atoms with Crippen LogP contribution in [0, 0.1) is 18.7 Å². The Morgan fingerprint density at radius 1 is 1.13 bits per heavy atom. The van der Waals surface area contributed by atoms with Crippen LogP contribution in [0.15, 0.2) is 30.3 Å². The number of rotatable bonds is 8. The van der Waals surface area contributed by atoms with Crippen molar-refractivity contribution in [3.8, 4) is 0 Å². The third kappa shape index (κ3) is 5.64. The third-order valence-electron chi connectivity index (χ3n) is 8.16. The van der Waals surface area contributed by atoms with Crippen LogP contribution in [0.3, 0.4) is 0 Å². The van der Waals surface area contributed by atoms with E-state index in [9.17, 15) is 22.4 Å². The van der Waals surface area contributed by atoms with Crippen molar-refractivity contribution in [2.45, 2.75) is 70.1 Å². The van der Waals surface area contributed by atoms with E-state index in [2.05, 4.69) is 9.88 Å². The second-order valence-corrected chi connectivity index (χ2v) is 11.2. The highest BCUT2D eigenvalue weighted by atomic mass is 35.5. The van der Waals surface area contributed by atoms with Crippen molar-refractivity contribution in [3.63, 3.8) is 0 Å². The van der Waals surface area contributed by atoms with Crippen molar-refractivity contribution in [3.05, 3.63) is 52.4 Å². The predicted molar refractivity (Wildman–Crippen MR) is 140 cm³/mol. The molecule has 38 heavy (non-hydrogen) atoms. The molecule has 1 aromatic carbocycles. The highest BCUT2D eigenvalue weighted by Crippen LogP contribution is 2.46. The van der Waals surface area contributed by atoms with Gasteiger partial charge in [0, 0.05) is 24.0 Å². The second-order valence-electron chi connectivity index (χ2n) is 10.8. The summed E-state index contributed by atoms with van der Waals surface area (Å²) in [5.74, 6) is -0.555. The van der Waals surface area contributed by atoms with Crippen molar-refractivity contribution >= 4 is 29.0 Å². The van der Waals surface area contributed by atoms with Crippen molar-refractivity contribution in [2.75, 3.05) is 36.0 Å². The lowest BCUT2D eigenvalue weighted by molar-refractivity contribution is -0.137. The second kappa shape index (κ2) is 11.0. The third-order valence-corrected chi connectivity index (χ3v) is 8.45. The average molecular weight is 553 g/mol. The number of piperidine rings is 1. The highest BCUT2D eigenvalue weighted by Gasteiger charge is 2.51. The van der Waals surface area contributed by atoms with Gasteiger partial charge in [0.25, 0.3) is 0 Å². The lowest BCUT2D eigenvalue weighted by atomic mass is 9.96. The molecular formula is C28H33ClF4N4O. The monoisotopic (exact) mass is 552 g/mol. The molecule has 0 unspecified atom stereocenters. The van der Waals surface area contributed by atoms with Gasteiger partial charge in [0.15, 0.2) is 0 Å². The Hall–Kier alpha value is -2.39. The molecule has 1 saturated carbocycles. The van der Waals surface area contributed by atoms with Gasteiger partial charge in [-0.3, -0.25) is 4.79 Å². The molecule has 2 saturated heterocycles. The number of likely N-dealkylation sites (tertiary alicyclic amines) is 1. The number of aryl methyl sites for hydroxylation is 1. The number of hydrogen-bond acceptors (Lipinski definition) is 4. The molecule has 1 aliphatic carbocycles. The molecule has 10 heteroatoms. The normalized spacial score (nSPS) is 23.4. The van der Waals surface area contributed by atoms with E-state index in [4.69, 9.17) is 11.6 Å². The number of alkyl halides is 3. The molecule has 2 bridgehead atoms. The summed E-state index contributed by atoms with van der Waals surface area (Å²) in [6, 6.07) is 5.66. The first-order chi connectivity index (χ1) is 18.1. The molecule has 0 spiro atoms. The van der Waals surface area contributed by atoms with E-state index in [1.54, 1.807) is 15.9 Å². The Bertz CT molecular complexity index is 1170. The number of anilines is 2. The number of pyridine rings is 1. The minimum absolute atomic E-state index is 0.0205. The minimum Gasteiger partial charge on any atom is -0.341 e. The number of aromatic nitrogens is 1. The fourth-order valence-electron chi connectivity index (χ4n) is 6.37. The zero-order valence-corrected chi connectivity index (χ0v) is 22.2. The first kappa shape index (κ1) is 27.2. The predicted octanol–water partition coefficient (Wildman–Crippen LogP) is 6.47. The summed E-state index contributed by atoms with van der Waals surface area (Å²) in [5.41, 5.74) is -0.00980. The molecule has 1 amide bonds. The van der Waals surface area contributed by atoms with E-state index in [0.717, 1.165) is 63.9 Å². The Labute approximate surface area is 225 Å². The Morgan fingerprint density at radius 3 is 2.61 bits per heavy atom. The summed E-state index contributed by atoms with van der Waals surface area (Å²) in [6.45, 7) is 5.11. The van der Waals surface area contributed by atoms with Crippen LogP contribution in [0.2, 0.25) is 5.02 Å². The minimum atomic E-state index is -4.51. The number of halogens is 5. The summed E-state index contributed by atoms with van der Waals surface area (Å²) < 4.78 is 54.8. The van der Waals surface area contributed by atoms with E-state index < -0.39 is 23.6 Å². The van der Waals surface area contributed by atoms with E-state index in [-0.39, 0.29) is 34.4 Å². The summed E-state index contributed by atoms with van der Waals surface area (Å²) >= 11 is 6.09. The van der Waals surface area contributed by atoms with Crippen LogP contribution in [-0.2, 0) is 11.0 Å². The molecule has 1 aromatic heterocycles. The van der Waals surface area contributed by atoms with Gasteiger partial charge in [-0.15, -0.1) is 0 Å². The molecule has 0 radical (unpaired) electrons. The Kier molecular flexibility index (Phi) is 7.87. The van der Waals surface area contributed by atoms with Gasteiger partial charge in [-0.25, -0.2) is 9.37 Å². The van der Waals surface area contributed by atoms with Crippen LogP contribution in [0.4, 0.5) is 29.1 Å². The van der Waals surface area contributed by atoms with Crippen molar-refractivity contribution in [1.82, 2.24) is 9.88 Å². The fourth-order valence-corrected chi connectivity index (χ4v) is 6.55. The molecule has 5 rings (SSSR count). The largest absolute Gasteiger partial charge is 0.416 e. The smallest absolute Gasteiger partial charge is 0.341 e. The number of fused-ring (bicyclic) bond motifs is 2. The Morgan fingerprint density at radius 2 is 1.89 bits per heavy atom. The maximum Gasteiger partial charge on any atom is 0.416 e. The zero-order valence-electron chi connectivity index (χ0n) is 21.5. The van der Waals surface area contributed by atoms with Gasteiger partial charge in [0.2, 0.25) is 5.91 Å². The van der Waals surface area contributed by atoms with Gasteiger partial charge < -0.3 is 14.7 Å². The zero-order chi connectivity index (χ0) is 27.0. The van der Waals surface area contributed by atoms with Crippen molar-refractivity contribution < 1.29 is 22.4 Å². The lowest BCUT2D eigenvalue weighted by Crippen LogP contribution is -2.52. The van der Waals surface area contributed by atoms with E-state index >= 15 is 0 Å². The number of carbonyl (C=O) groups excluding carboxylic acids is 1. The summed E-state index contributed by atoms with van der Waals surface area (Å²) in [5, 5.41) is -0.0719. The van der Waals surface area contributed by atoms with Gasteiger partial charge in [0.1, 0.15) is 17.7 Å². The van der Waals surface area contributed by atoms with Gasteiger partial charge in [-0.2, -0.15) is 13.2 Å². The summed E-state index contributed by atoms with van der Waals surface area (Å²) in [7, 11) is 0. The molecule has 3 heterocycles. The Balaban J connectivity index is 1.43. The molecule has 5 nitrogen and oxygen atoms in total. The number of hydrogen-bond donors (Lipinski definition) is 0. The SMILES string of the molecule is Cc1cc(C(F)(F)F)cc(N2[C@@H]3CC[C@@H](C3)[C@H]2C(=O)N(CCCCN2CCCC2)c2ccc(F)c(Cl)c2)n1. The number of unbranched alkanes of at least 4 members (excludes halogenated alkanes) is 1. The quantitative estimate of drug-likeness (QED) is 0.278. The van der Waals surface area contributed by atoms with Crippen LogP contribution in [0.25, 0.3) is 0 Å². The number of amides is 1. The number of carbonyl (C=O) groups is 1. The van der Waals surface area contributed by atoms with E-state index in [1.165, 1.54) is 31.9 Å². The first-order valence-electron chi connectivity index (χ1n) is 13.4. The van der Waals surface area contributed by atoms with Gasteiger partial charge in [-0.05, 0) is 108 Å². The van der Waals surface area contributed by atoms with Crippen LogP contribution in [0.1, 0.15) is 56.2 Å². The molecule has 0 N–H and O–H groups in total. The molecule has 206 valence electrons. The van der Waals surface area contributed by atoms with Crippen LogP contribution < -0.4 is 9.80 Å². The van der Waals surface area contributed by atoms with Crippen molar-refractivity contribution in [1.29, 1.82) is 0 Å². The van der Waals surface area contributed by atoms with Crippen molar-refractivity contribution in [2.24, 2.45) is 5.92 Å². The molecule has 2 aliphatic heterocycles. The average Bonchev–Trinajstić information content (AvgIpc) is 3.63.